The van der Waals surface area contributed by atoms with E-state index in [1.807, 2.05) is 19.1 Å². The lowest BCUT2D eigenvalue weighted by Crippen LogP contribution is -2.49. The second-order valence-electron chi connectivity index (χ2n) is 6.51. The Bertz CT molecular complexity index is 705. The van der Waals surface area contributed by atoms with Gasteiger partial charge < -0.3 is 10.0 Å². The number of hydrogen-bond acceptors (Lipinski definition) is 4. The number of fused-ring (bicyclic) bond motifs is 1. The van der Waals surface area contributed by atoms with Crippen molar-refractivity contribution in [1.82, 2.24) is 14.8 Å². The van der Waals surface area contributed by atoms with Crippen LogP contribution in [0.3, 0.4) is 0 Å². The molecule has 1 aromatic heterocycles. The van der Waals surface area contributed by atoms with Gasteiger partial charge in [-0.2, -0.15) is 0 Å². The van der Waals surface area contributed by atoms with E-state index < -0.39 is 0 Å². The van der Waals surface area contributed by atoms with Crippen molar-refractivity contribution in [2.75, 3.05) is 19.7 Å². The molecule has 1 aromatic carbocycles. The van der Waals surface area contributed by atoms with Crippen molar-refractivity contribution in [2.24, 2.45) is 0 Å². The van der Waals surface area contributed by atoms with E-state index in [9.17, 15) is 9.90 Å². The van der Waals surface area contributed by atoms with Gasteiger partial charge in [0.1, 0.15) is 0 Å². The van der Waals surface area contributed by atoms with Gasteiger partial charge in [-0.05, 0) is 36.1 Å². The average molecular weight is 339 g/mol. The first-order chi connectivity index (χ1) is 12.2. The van der Waals surface area contributed by atoms with Crippen molar-refractivity contribution < 1.29 is 9.90 Å². The number of nitrogens with zero attached hydrogens (tertiary/aromatic N) is 3. The Kier molecular flexibility index (Phi) is 5.79. The number of hydrogen-bond donors (Lipinski definition) is 1. The molecule has 25 heavy (non-hydrogen) atoms. The maximum atomic E-state index is 13.0. The maximum absolute atomic E-state index is 13.0. The van der Waals surface area contributed by atoms with E-state index in [0.717, 1.165) is 25.1 Å². The normalized spacial score (nSPS) is 15.4. The lowest BCUT2D eigenvalue weighted by atomic mass is 9.98. The molecule has 1 aliphatic heterocycles. The second kappa shape index (κ2) is 8.23. The number of pyridine rings is 1. The van der Waals surface area contributed by atoms with Gasteiger partial charge in [0, 0.05) is 38.6 Å². The fraction of sp³-hybridized carbons (Fsp3) is 0.400. The SMILES string of the molecule is CC(C(=O)N(CCO)Cc1cccnc1)N1CCc2ccccc2C1. The summed E-state index contributed by atoms with van der Waals surface area (Å²) in [6.07, 6.45) is 4.45. The Balaban J connectivity index is 1.69. The van der Waals surface area contributed by atoms with Gasteiger partial charge in [-0.1, -0.05) is 30.3 Å². The molecule has 1 N–H and O–H groups in total. The van der Waals surface area contributed by atoms with E-state index >= 15 is 0 Å². The molecule has 2 aromatic rings. The molecule has 0 spiro atoms. The molecular weight excluding hydrogens is 314 g/mol. The molecule has 1 aliphatic rings. The first-order valence-electron chi connectivity index (χ1n) is 8.78. The zero-order valence-electron chi connectivity index (χ0n) is 14.6. The lowest BCUT2D eigenvalue weighted by molar-refractivity contribution is -0.138. The Morgan fingerprint density at radius 2 is 2.08 bits per heavy atom. The van der Waals surface area contributed by atoms with E-state index in [0.29, 0.717) is 13.1 Å². The van der Waals surface area contributed by atoms with Crippen LogP contribution >= 0.6 is 0 Å². The molecule has 2 heterocycles. The van der Waals surface area contributed by atoms with Gasteiger partial charge in [0.05, 0.1) is 12.6 Å². The molecule has 0 saturated carbocycles. The monoisotopic (exact) mass is 339 g/mol. The molecular formula is C20H25N3O2. The summed E-state index contributed by atoms with van der Waals surface area (Å²) >= 11 is 0. The molecule has 5 nitrogen and oxygen atoms in total. The standard InChI is InChI=1S/C20H25N3O2/c1-16(22-10-8-18-6-2-3-7-19(18)15-22)20(25)23(11-12-24)14-17-5-4-9-21-13-17/h2-7,9,13,16,24H,8,10-12,14-15H2,1H3. The van der Waals surface area contributed by atoms with Gasteiger partial charge in [0.2, 0.25) is 5.91 Å². The van der Waals surface area contributed by atoms with Crippen molar-refractivity contribution in [3.05, 3.63) is 65.5 Å². The van der Waals surface area contributed by atoms with Crippen LogP contribution in [-0.4, -0.2) is 51.5 Å². The first kappa shape index (κ1) is 17.6. The molecule has 1 amide bonds. The molecule has 132 valence electrons. The van der Waals surface area contributed by atoms with Crippen molar-refractivity contribution in [2.45, 2.75) is 32.5 Å². The van der Waals surface area contributed by atoms with Gasteiger partial charge in [-0.15, -0.1) is 0 Å². The van der Waals surface area contributed by atoms with Crippen LogP contribution in [-0.2, 0) is 24.3 Å². The Labute approximate surface area is 148 Å². The summed E-state index contributed by atoms with van der Waals surface area (Å²) in [6.45, 7) is 4.41. The van der Waals surface area contributed by atoms with Crippen LogP contribution < -0.4 is 0 Å². The highest BCUT2D eigenvalue weighted by Crippen LogP contribution is 2.21. The van der Waals surface area contributed by atoms with E-state index in [2.05, 4.69) is 34.1 Å². The van der Waals surface area contributed by atoms with Gasteiger partial charge in [-0.25, -0.2) is 0 Å². The number of aromatic nitrogens is 1. The minimum absolute atomic E-state index is 0.0401. The van der Waals surface area contributed by atoms with E-state index in [-0.39, 0.29) is 18.6 Å². The fourth-order valence-corrected chi connectivity index (χ4v) is 3.37. The number of carbonyl (C=O) groups excluding carboxylic acids is 1. The van der Waals surface area contributed by atoms with Crippen molar-refractivity contribution in [1.29, 1.82) is 0 Å². The van der Waals surface area contributed by atoms with Crippen LogP contribution in [0.4, 0.5) is 0 Å². The number of benzene rings is 1. The highest BCUT2D eigenvalue weighted by Gasteiger charge is 2.28. The highest BCUT2D eigenvalue weighted by molar-refractivity contribution is 5.81. The third kappa shape index (κ3) is 4.24. The van der Waals surface area contributed by atoms with Crippen LogP contribution in [0.25, 0.3) is 0 Å². The lowest BCUT2D eigenvalue weighted by Gasteiger charge is -2.35. The molecule has 0 radical (unpaired) electrons. The Hall–Kier alpha value is -2.24. The minimum Gasteiger partial charge on any atom is -0.395 e. The smallest absolute Gasteiger partial charge is 0.240 e. The molecule has 0 saturated heterocycles. The average Bonchev–Trinajstić information content (AvgIpc) is 2.67. The third-order valence-corrected chi connectivity index (χ3v) is 4.84. The molecule has 1 atom stereocenters. The second-order valence-corrected chi connectivity index (χ2v) is 6.51. The Morgan fingerprint density at radius 3 is 2.80 bits per heavy atom. The van der Waals surface area contributed by atoms with E-state index in [4.69, 9.17) is 0 Å². The van der Waals surface area contributed by atoms with Gasteiger partial charge in [-0.3, -0.25) is 14.7 Å². The minimum atomic E-state index is -0.212. The summed E-state index contributed by atoms with van der Waals surface area (Å²) in [4.78, 5) is 21.1. The number of aliphatic hydroxyl groups excluding tert-OH is 1. The summed E-state index contributed by atoms with van der Waals surface area (Å²) in [7, 11) is 0. The predicted octanol–water partition coefficient (Wildman–Crippen LogP) is 1.85. The van der Waals surface area contributed by atoms with Crippen molar-refractivity contribution >= 4 is 5.91 Å². The van der Waals surface area contributed by atoms with Crippen LogP contribution in [0.1, 0.15) is 23.6 Å². The largest absolute Gasteiger partial charge is 0.395 e. The molecule has 3 rings (SSSR count). The summed E-state index contributed by atoms with van der Waals surface area (Å²) in [5.74, 6) is 0.0530. The van der Waals surface area contributed by atoms with Crippen LogP contribution in [0, 0.1) is 0 Å². The molecule has 0 aliphatic carbocycles. The predicted molar refractivity (Wildman–Crippen MR) is 96.8 cm³/mol. The van der Waals surface area contributed by atoms with E-state index in [1.165, 1.54) is 11.1 Å². The molecule has 0 fully saturated rings. The topological polar surface area (TPSA) is 56.7 Å². The van der Waals surface area contributed by atoms with Gasteiger partial charge >= 0.3 is 0 Å². The van der Waals surface area contributed by atoms with E-state index in [1.54, 1.807) is 17.3 Å². The Morgan fingerprint density at radius 1 is 1.28 bits per heavy atom. The summed E-state index contributed by atoms with van der Waals surface area (Å²) in [5, 5.41) is 9.36. The fourth-order valence-electron chi connectivity index (χ4n) is 3.37. The van der Waals surface area contributed by atoms with Crippen LogP contribution in [0.15, 0.2) is 48.8 Å². The van der Waals surface area contributed by atoms with Crippen molar-refractivity contribution in [3.63, 3.8) is 0 Å². The van der Waals surface area contributed by atoms with Crippen LogP contribution in [0.2, 0.25) is 0 Å². The van der Waals surface area contributed by atoms with Crippen LogP contribution in [0.5, 0.6) is 0 Å². The van der Waals surface area contributed by atoms with Gasteiger partial charge in [0.25, 0.3) is 0 Å². The number of carbonyl (C=O) groups is 1. The first-order valence-corrected chi connectivity index (χ1v) is 8.78. The summed E-state index contributed by atoms with van der Waals surface area (Å²) in [5.41, 5.74) is 3.65. The quantitative estimate of drug-likeness (QED) is 0.873. The number of aliphatic hydroxyl groups is 1. The molecule has 0 bridgehead atoms. The highest BCUT2D eigenvalue weighted by atomic mass is 16.3. The summed E-state index contributed by atoms with van der Waals surface area (Å²) in [6, 6.07) is 12.0. The summed E-state index contributed by atoms with van der Waals surface area (Å²) < 4.78 is 0. The maximum Gasteiger partial charge on any atom is 0.240 e. The zero-order valence-corrected chi connectivity index (χ0v) is 14.6. The van der Waals surface area contributed by atoms with Gasteiger partial charge in [0.15, 0.2) is 0 Å². The third-order valence-electron chi connectivity index (χ3n) is 4.84. The molecule has 5 heteroatoms. The number of amides is 1. The number of rotatable bonds is 6. The molecule has 1 unspecified atom stereocenters. The zero-order chi connectivity index (χ0) is 17.6. The van der Waals surface area contributed by atoms with Crippen molar-refractivity contribution in [3.8, 4) is 0 Å².